The van der Waals surface area contributed by atoms with Gasteiger partial charge in [-0.05, 0) is 50.4 Å². The smallest absolute Gasteiger partial charge is 0.247 e. The molecule has 5 N–H and O–H groups in total. The summed E-state index contributed by atoms with van der Waals surface area (Å²) < 4.78 is 28.2. The second-order valence-corrected chi connectivity index (χ2v) is 11.8. The van der Waals surface area contributed by atoms with Crippen LogP contribution < -0.4 is 21.3 Å². The van der Waals surface area contributed by atoms with Gasteiger partial charge < -0.3 is 31.3 Å². The third-order valence-electron chi connectivity index (χ3n) is 7.36. The van der Waals surface area contributed by atoms with Crippen molar-refractivity contribution in [3.63, 3.8) is 0 Å². The van der Waals surface area contributed by atoms with Crippen LogP contribution in [-0.2, 0) is 14.4 Å². The lowest BCUT2D eigenvalue weighted by Crippen LogP contribution is -2.59. The number of fused-ring (bicyclic) bond motifs is 1. The first-order valence-corrected chi connectivity index (χ1v) is 14.1. The maximum absolute atomic E-state index is 14.6. The molecule has 3 atom stereocenters. The number of carbonyl (C=O) groups excluding carboxylic acids is 3. The number of rotatable bonds is 8. The van der Waals surface area contributed by atoms with E-state index in [1.54, 1.807) is 14.0 Å². The number of amides is 3. The van der Waals surface area contributed by atoms with Gasteiger partial charge in [-0.15, -0.1) is 0 Å². The van der Waals surface area contributed by atoms with E-state index in [4.69, 9.17) is 11.6 Å². The summed E-state index contributed by atoms with van der Waals surface area (Å²) >= 11 is 5.70. The standard InChI is InChI=1S/C29H34ClF2N7O4/c1-14(33-5)26(41)38-24(29(2,3)4)28(43)39-10-6-7-20(39)27(42)37-19-11-15-18(12-21(19)40)34-13-35-25(15)36-17-9-8-16(31)22(30)23(17)32/h8-9,11-14,20,24,33,40H,6-7,10H2,1-5H3,(H,37,42)(H,38,41)(H,34,35,36)/t14-,20?,24+/m0/s1. The van der Waals surface area contributed by atoms with Crippen molar-refractivity contribution in [1.29, 1.82) is 0 Å². The maximum Gasteiger partial charge on any atom is 0.247 e. The van der Waals surface area contributed by atoms with Crippen LogP contribution in [0.4, 0.5) is 26.0 Å². The number of anilines is 3. The monoisotopic (exact) mass is 617 g/mol. The molecule has 2 aromatic carbocycles. The van der Waals surface area contributed by atoms with Gasteiger partial charge in [-0.3, -0.25) is 14.4 Å². The van der Waals surface area contributed by atoms with Gasteiger partial charge in [-0.25, -0.2) is 18.7 Å². The van der Waals surface area contributed by atoms with E-state index < -0.39 is 46.1 Å². The molecule has 3 amide bonds. The minimum Gasteiger partial charge on any atom is -0.506 e. The van der Waals surface area contributed by atoms with Crippen LogP contribution in [0, 0.1) is 17.0 Å². The first-order valence-electron chi connectivity index (χ1n) is 13.7. The zero-order valence-electron chi connectivity index (χ0n) is 24.4. The number of nitrogens with zero attached hydrogens (tertiary/aromatic N) is 3. The third kappa shape index (κ3) is 6.78. The Balaban J connectivity index is 1.59. The Hall–Kier alpha value is -4.10. The van der Waals surface area contributed by atoms with Crippen molar-refractivity contribution < 1.29 is 28.3 Å². The van der Waals surface area contributed by atoms with Gasteiger partial charge in [0.05, 0.1) is 22.9 Å². The van der Waals surface area contributed by atoms with E-state index in [9.17, 15) is 28.3 Å². The summed E-state index contributed by atoms with van der Waals surface area (Å²) in [7, 11) is 1.64. The maximum atomic E-state index is 14.6. The molecule has 1 unspecified atom stereocenters. The molecule has 1 aromatic heterocycles. The van der Waals surface area contributed by atoms with Crippen LogP contribution in [0.1, 0.15) is 40.5 Å². The van der Waals surface area contributed by atoms with E-state index in [2.05, 4.69) is 31.2 Å². The van der Waals surface area contributed by atoms with Crippen LogP contribution >= 0.6 is 11.6 Å². The van der Waals surface area contributed by atoms with Gasteiger partial charge in [0.2, 0.25) is 17.7 Å². The summed E-state index contributed by atoms with van der Waals surface area (Å²) in [5.74, 6) is -3.38. The summed E-state index contributed by atoms with van der Waals surface area (Å²) in [6.07, 6.45) is 2.14. The highest BCUT2D eigenvalue weighted by molar-refractivity contribution is 6.31. The highest BCUT2D eigenvalue weighted by Gasteiger charge is 2.42. The number of benzene rings is 2. The van der Waals surface area contributed by atoms with Crippen LogP contribution in [-0.4, -0.2) is 69.4 Å². The fourth-order valence-electron chi connectivity index (χ4n) is 4.77. The van der Waals surface area contributed by atoms with Crippen molar-refractivity contribution in [2.75, 3.05) is 24.2 Å². The molecule has 4 rings (SSSR count). The molecule has 0 saturated carbocycles. The SMILES string of the molecule is CN[C@@H](C)C(=O)N[C@H](C(=O)N1CCCC1C(=O)Nc1cc2c(Nc3ccc(F)c(Cl)c3F)ncnc2cc1O)C(C)(C)C. The minimum atomic E-state index is -1.02. The Labute approximate surface area is 252 Å². The lowest BCUT2D eigenvalue weighted by atomic mass is 9.85. The van der Waals surface area contributed by atoms with Crippen molar-refractivity contribution in [2.24, 2.45) is 5.41 Å². The fourth-order valence-corrected chi connectivity index (χ4v) is 4.94. The zero-order valence-corrected chi connectivity index (χ0v) is 25.1. The molecule has 1 aliphatic rings. The van der Waals surface area contributed by atoms with Gasteiger partial charge in [0.25, 0.3) is 0 Å². The van der Waals surface area contributed by atoms with E-state index in [1.807, 2.05) is 20.8 Å². The van der Waals surface area contributed by atoms with Crippen molar-refractivity contribution in [3.05, 3.63) is 47.2 Å². The van der Waals surface area contributed by atoms with Crippen molar-refractivity contribution >= 4 is 57.4 Å². The Morgan fingerprint density at radius 2 is 1.86 bits per heavy atom. The lowest BCUT2D eigenvalue weighted by Gasteiger charge is -2.36. The van der Waals surface area contributed by atoms with Crippen LogP contribution in [0.5, 0.6) is 5.75 Å². The van der Waals surface area contributed by atoms with Crippen LogP contribution in [0.25, 0.3) is 10.9 Å². The van der Waals surface area contributed by atoms with Gasteiger partial charge in [0.15, 0.2) is 5.82 Å². The topological polar surface area (TPSA) is 149 Å². The van der Waals surface area contributed by atoms with E-state index in [-0.39, 0.29) is 40.3 Å². The van der Waals surface area contributed by atoms with Crippen molar-refractivity contribution in [3.8, 4) is 5.75 Å². The molecule has 0 spiro atoms. The molecule has 11 nitrogen and oxygen atoms in total. The lowest BCUT2D eigenvalue weighted by molar-refractivity contribution is -0.143. The molecule has 230 valence electrons. The Kier molecular flexibility index (Phi) is 9.35. The van der Waals surface area contributed by atoms with Crippen molar-refractivity contribution in [1.82, 2.24) is 25.5 Å². The molecule has 1 fully saturated rings. The summed E-state index contributed by atoms with van der Waals surface area (Å²) in [6, 6.07) is 2.61. The molecule has 1 aliphatic heterocycles. The molecule has 0 bridgehead atoms. The number of carbonyl (C=O) groups is 3. The van der Waals surface area contributed by atoms with Crippen LogP contribution in [0.15, 0.2) is 30.6 Å². The molecule has 3 aromatic rings. The van der Waals surface area contributed by atoms with Crippen LogP contribution in [0.2, 0.25) is 5.02 Å². The quantitative estimate of drug-likeness (QED) is 0.188. The Bertz CT molecular complexity index is 1570. The third-order valence-corrected chi connectivity index (χ3v) is 7.71. The van der Waals surface area contributed by atoms with Gasteiger partial charge in [0, 0.05) is 18.0 Å². The first kappa shape index (κ1) is 31.8. The number of hydrogen-bond acceptors (Lipinski definition) is 8. The number of hydrogen-bond donors (Lipinski definition) is 5. The van der Waals surface area contributed by atoms with Gasteiger partial charge in [0.1, 0.15) is 40.8 Å². The normalized spacial score (nSPS) is 16.6. The number of phenols is 1. The Morgan fingerprint density at radius 3 is 2.53 bits per heavy atom. The number of aromatic hydroxyl groups is 1. The largest absolute Gasteiger partial charge is 0.506 e. The number of likely N-dealkylation sites (N-methyl/N-ethyl adjacent to an activating group) is 1. The number of nitrogens with one attached hydrogen (secondary N) is 4. The highest BCUT2D eigenvalue weighted by atomic mass is 35.5. The summed E-state index contributed by atoms with van der Waals surface area (Å²) in [5, 5.41) is 21.4. The van der Waals surface area contributed by atoms with E-state index in [0.717, 1.165) is 12.1 Å². The summed E-state index contributed by atoms with van der Waals surface area (Å²) in [6.45, 7) is 7.49. The number of halogens is 3. The molecule has 0 radical (unpaired) electrons. The molecule has 0 aliphatic carbocycles. The van der Waals surface area contributed by atoms with Gasteiger partial charge in [-0.2, -0.15) is 0 Å². The second kappa shape index (κ2) is 12.6. The predicted octanol–water partition coefficient (Wildman–Crippen LogP) is 4.08. The molecular weight excluding hydrogens is 584 g/mol. The number of aromatic nitrogens is 2. The molecule has 2 heterocycles. The van der Waals surface area contributed by atoms with Crippen LogP contribution in [0.3, 0.4) is 0 Å². The molecule has 14 heteroatoms. The number of likely N-dealkylation sites (tertiary alicyclic amines) is 1. The molecular formula is C29H34ClF2N7O4. The molecule has 1 saturated heterocycles. The fraction of sp³-hybridized carbons (Fsp3) is 0.414. The van der Waals surface area contributed by atoms with E-state index >= 15 is 0 Å². The summed E-state index contributed by atoms with van der Waals surface area (Å²) in [5.41, 5.74) is -0.498. The van der Waals surface area contributed by atoms with Gasteiger partial charge in [-0.1, -0.05) is 32.4 Å². The average molecular weight is 618 g/mol. The predicted molar refractivity (Wildman–Crippen MR) is 159 cm³/mol. The second-order valence-electron chi connectivity index (χ2n) is 11.5. The van der Waals surface area contributed by atoms with Gasteiger partial charge >= 0.3 is 0 Å². The zero-order chi connectivity index (χ0) is 31.6. The Morgan fingerprint density at radius 1 is 1.14 bits per heavy atom. The van der Waals surface area contributed by atoms with E-state index in [1.165, 1.54) is 23.4 Å². The minimum absolute atomic E-state index is 0.00998. The summed E-state index contributed by atoms with van der Waals surface area (Å²) in [4.78, 5) is 49.5. The number of phenolic OH excluding ortho intramolecular Hbond substituents is 1. The molecule has 43 heavy (non-hydrogen) atoms. The van der Waals surface area contributed by atoms with Crippen molar-refractivity contribution in [2.45, 2.75) is 58.7 Å². The average Bonchev–Trinajstić information content (AvgIpc) is 3.45. The van der Waals surface area contributed by atoms with E-state index in [0.29, 0.717) is 24.8 Å². The highest BCUT2D eigenvalue weighted by Crippen LogP contribution is 2.35. The first-order chi connectivity index (χ1) is 20.2.